The second kappa shape index (κ2) is 20.2. The molecule has 3 saturated heterocycles. The predicted octanol–water partition coefficient (Wildman–Crippen LogP) is 9.02. The van der Waals surface area contributed by atoms with Crippen LogP contribution >= 0.6 is 0 Å². The van der Waals surface area contributed by atoms with Crippen LogP contribution in [0, 0.1) is 21.4 Å². The van der Waals surface area contributed by atoms with Crippen LogP contribution in [-0.4, -0.2) is 124 Å². The number of hydrogen-bond acceptors (Lipinski definition) is 14. The summed E-state index contributed by atoms with van der Waals surface area (Å²) in [6.45, 7) is 13.3. The Labute approximate surface area is 431 Å². The summed E-state index contributed by atoms with van der Waals surface area (Å²) in [5.74, 6) is 0.0819. The SMILES string of the molecule is CC(C)c1ccccc1C1CN(C2CCOCC2)CCN1C1CC2(CCN(c3ccc(C(=O)NS(=O)(=O)c4cc([N+](=O)[O-])c(NC[C@H]5CC[C@](C)(O)CC5)c5[nH]cnc45)c(Oc4cnc5[nH]ccc5c4)c3)CC2)C1. The van der Waals surface area contributed by atoms with E-state index < -0.39 is 37.0 Å². The molecule has 1 atom stereocenters. The lowest BCUT2D eigenvalue weighted by Crippen LogP contribution is -2.61. The van der Waals surface area contributed by atoms with Crippen molar-refractivity contribution in [2.24, 2.45) is 11.3 Å². The Bertz CT molecular complexity index is 3140. The highest BCUT2D eigenvalue weighted by molar-refractivity contribution is 7.90. The molecule has 0 bridgehead atoms. The Morgan fingerprint density at radius 1 is 0.959 bits per heavy atom. The van der Waals surface area contributed by atoms with Crippen LogP contribution < -0.4 is 19.7 Å². The molecule has 11 rings (SSSR count). The number of anilines is 2. The van der Waals surface area contributed by atoms with E-state index in [0.717, 1.165) is 114 Å². The van der Waals surface area contributed by atoms with Crippen molar-refractivity contribution in [1.29, 1.82) is 0 Å². The van der Waals surface area contributed by atoms with Crippen molar-refractivity contribution in [1.82, 2.24) is 34.5 Å². The fraction of sp³-hybridized carbons (Fsp3) is 0.509. The number of hydrogen-bond donors (Lipinski definition) is 5. The number of imidazole rings is 1. The molecule has 1 spiro atoms. The fourth-order valence-electron chi connectivity index (χ4n) is 12.7. The van der Waals surface area contributed by atoms with Gasteiger partial charge < -0.3 is 34.8 Å². The topological polar surface area (TPSA) is 224 Å². The maximum Gasteiger partial charge on any atom is 0.296 e. The second-order valence-corrected chi connectivity index (χ2v) is 23.9. The van der Waals surface area contributed by atoms with Gasteiger partial charge in [0.1, 0.15) is 33.2 Å². The number of nitro benzene ring substituents is 1. The van der Waals surface area contributed by atoms with Gasteiger partial charge in [0.2, 0.25) is 0 Å². The Morgan fingerprint density at radius 2 is 1.73 bits per heavy atom. The van der Waals surface area contributed by atoms with E-state index in [1.807, 2.05) is 19.1 Å². The zero-order valence-electron chi connectivity index (χ0n) is 42.5. The van der Waals surface area contributed by atoms with Crippen molar-refractivity contribution in [2.45, 2.75) is 120 Å². The summed E-state index contributed by atoms with van der Waals surface area (Å²) in [6, 6.07) is 20.3. The van der Waals surface area contributed by atoms with Gasteiger partial charge in [0, 0.05) is 100 Å². The van der Waals surface area contributed by atoms with Gasteiger partial charge in [-0.15, -0.1) is 0 Å². The first kappa shape index (κ1) is 50.1. The first-order chi connectivity index (χ1) is 35.6. The zero-order chi connectivity index (χ0) is 51.4. The van der Waals surface area contributed by atoms with E-state index in [2.05, 4.69) is 82.8 Å². The molecule has 3 aliphatic heterocycles. The van der Waals surface area contributed by atoms with Crippen molar-refractivity contribution in [2.75, 3.05) is 62.7 Å². The highest BCUT2D eigenvalue weighted by atomic mass is 32.2. The normalized spacial score (nSPS) is 23.3. The van der Waals surface area contributed by atoms with E-state index in [4.69, 9.17) is 9.47 Å². The average molecular weight is 1030 g/mol. The van der Waals surface area contributed by atoms with Crippen molar-refractivity contribution in [3.63, 3.8) is 0 Å². The van der Waals surface area contributed by atoms with Crippen molar-refractivity contribution < 1.29 is 32.7 Å². The smallest absolute Gasteiger partial charge is 0.296 e. The third-order valence-corrected chi connectivity index (χ3v) is 18.4. The number of H-pyrrole nitrogens is 2. The predicted molar refractivity (Wildman–Crippen MR) is 283 cm³/mol. The zero-order valence-corrected chi connectivity index (χ0v) is 43.3. The number of benzene rings is 3. The summed E-state index contributed by atoms with van der Waals surface area (Å²) < 4.78 is 43.0. The van der Waals surface area contributed by atoms with Gasteiger partial charge in [0.25, 0.3) is 21.6 Å². The number of piperazine rings is 1. The van der Waals surface area contributed by atoms with E-state index in [-0.39, 0.29) is 39.4 Å². The molecule has 19 heteroatoms. The van der Waals surface area contributed by atoms with Crippen LogP contribution in [0.2, 0.25) is 0 Å². The molecule has 1 amide bonds. The lowest BCUT2D eigenvalue weighted by Gasteiger charge is -2.59. The van der Waals surface area contributed by atoms with Crippen molar-refractivity contribution >= 4 is 55.1 Å². The molecule has 18 nitrogen and oxygen atoms in total. The van der Waals surface area contributed by atoms with Crippen LogP contribution in [0.1, 0.15) is 118 Å². The number of aromatic amines is 2. The number of nitrogens with one attached hydrogen (secondary N) is 4. The minimum absolute atomic E-state index is 0.0511. The Kier molecular flexibility index (Phi) is 13.7. The van der Waals surface area contributed by atoms with Crippen molar-refractivity contribution in [3.05, 3.63) is 106 Å². The van der Waals surface area contributed by atoms with Crippen molar-refractivity contribution in [3.8, 4) is 11.5 Å². The highest BCUT2D eigenvalue weighted by Gasteiger charge is 2.50. The summed E-state index contributed by atoms with van der Waals surface area (Å²) in [5, 5.41) is 27.0. The molecule has 5 aliphatic rings. The summed E-state index contributed by atoms with van der Waals surface area (Å²) in [6.07, 6.45) is 13.8. The van der Waals surface area contributed by atoms with Crippen LogP contribution in [0.25, 0.3) is 22.1 Å². The summed E-state index contributed by atoms with van der Waals surface area (Å²) in [4.78, 5) is 48.3. The number of amides is 1. The number of fused-ring (bicyclic) bond motifs is 2. The maximum atomic E-state index is 14.3. The molecule has 5 N–H and O–H groups in total. The Hall–Kier alpha value is -6.12. The van der Waals surface area contributed by atoms with Gasteiger partial charge in [-0.1, -0.05) is 38.1 Å². The molecule has 74 heavy (non-hydrogen) atoms. The van der Waals surface area contributed by atoms with Gasteiger partial charge in [-0.05, 0) is 124 Å². The standard InChI is InChI=1S/C55H68N10O8S/c1-35(2)42-6-4-5-7-43(42)46-33-63(38-13-24-72-25-14-38)22-23-64(46)40-29-55(30-40)17-20-62(21-18-55)39-8-9-44(47(27-39)73-41-26-37-12-19-56-52(37)58-32-41)53(66)61-74(70,71)48-28-45(65(68)69)49(51-50(48)59-34-60-51)57-31-36-10-15-54(3,67)16-11-36/h4-9,12,19,26-28,32,34-36,38,40,46,57,67H,10-11,13-18,20-25,29-31,33H2,1-3H3,(H,56,58)(H,59,60)(H,61,66)/t36-,46?,54-. The molecule has 2 saturated carbocycles. The third-order valence-electron chi connectivity index (χ3n) is 17.1. The van der Waals surface area contributed by atoms with E-state index in [9.17, 15) is 28.4 Å². The first-order valence-electron chi connectivity index (χ1n) is 26.5. The van der Waals surface area contributed by atoms with Crippen LogP contribution in [0.5, 0.6) is 11.5 Å². The molecule has 3 aromatic heterocycles. The Balaban J connectivity index is 0.810. The van der Waals surface area contributed by atoms with Gasteiger partial charge in [0.15, 0.2) is 0 Å². The number of aromatic nitrogens is 4. The number of rotatable bonds is 14. The number of carbonyl (C=O) groups excluding carboxylic acids is 1. The molecule has 6 heterocycles. The number of piperidine rings is 1. The average Bonchev–Trinajstić information content (AvgIpc) is 4.08. The van der Waals surface area contributed by atoms with Crippen LogP contribution in [-0.2, 0) is 14.8 Å². The third kappa shape index (κ3) is 10.1. The van der Waals surface area contributed by atoms with E-state index in [1.165, 1.54) is 17.5 Å². The van der Waals surface area contributed by atoms with Gasteiger partial charge in [-0.2, -0.15) is 0 Å². The van der Waals surface area contributed by atoms with Crippen LogP contribution in [0.15, 0.2) is 84.3 Å². The quantitative estimate of drug-likeness (QED) is 0.0507. The molecule has 5 fully saturated rings. The molecule has 0 radical (unpaired) electrons. The van der Waals surface area contributed by atoms with Crippen LogP contribution in [0.4, 0.5) is 17.1 Å². The number of sulfonamides is 1. The monoisotopic (exact) mass is 1030 g/mol. The van der Waals surface area contributed by atoms with Gasteiger partial charge in [0.05, 0.1) is 34.1 Å². The summed E-state index contributed by atoms with van der Waals surface area (Å²) >= 11 is 0. The number of ether oxygens (including phenoxy) is 2. The van der Waals surface area contributed by atoms with E-state index in [0.29, 0.717) is 54.8 Å². The lowest BCUT2D eigenvalue weighted by atomic mass is 9.59. The minimum atomic E-state index is -4.76. The minimum Gasteiger partial charge on any atom is -0.455 e. The highest BCUT2D eigenvalue weighted by Crippen LogP contribution is 2.54. The first-order valence-corrected chi connectivity index (χ1v) is 28.0. The molecular formula is C55H68N10O8S. The van der Waals surface area contributed by atoms with E-state index in [1.54, 1.807) is 30.6 Å². The molecule has 392 valence electrons. The molecule has 6 aromatic rings. The van der Waals surface area contributed by atoms with Gasteiger partial charge >= 0.3 is 0 Å². The van der Waals surface area contributed by atoms with E-state index >= 15 is 0 Å². The molecule has 1 unspecified atom stereocenters. The number of carbonyl (C=O) groups is 1. The molecule has 3 aromatic carbocycles. The number of aliphatic hydroxyl groups is 1. The fourth-order valence-corrected chi connectivity index (χ4v) is 13.9. The summed E-state index contributed by atoms with van der Waals surface area (Å²) in [7, 11) is -4.76. The largest absolute Gasteiger partial charge is 0.455 e. The summed E-state index contributed by atoms with van der Waals surface area (Å²) in [5.41, 5.74) is 3.53. The van der Waals surface area contributed by atoms with Gasteiger partial charge in [-0.3, -0.25) is 24.7 Å². The number of pyridine rings is 1. The maximum absolute atomic E-state index is 14.3. The number of nitrogens with zero attached hydrogens (tertiary/aromatic N) is 6. The second-order valence-electron chi connectivity index (χ2n) is 22.2. The van der Waals surface area contributed by atoms with Gasteiger partial charge in [-0.25, -0.2) is 23.1 Å². The Morgan fingerprint density at radius 3 is 2.49 bits per heavy atom. The number of nitro groups is 1. The van der Waals surface area contributed by atoms with Crippen LogP contribution in [0.3, 0.4) is 0 Å². The lowest BCUT2D eigenvalue weighted by molar-refractivity contribution is -0.384. The molecular weight excluding hydrogens is 961 g/mol. The molecule has 2 aliphatic carbocycles.